The standard InChI is InChI=1S/C23H19N3O4S/c1-29-15-30-21-16(13-26(25-21)18-7-3-2-4-8-18)11-12-17-14-31-22(24-17)19-9-5-6-10-20(19)23(27)28/h2-14H,15H2,1H3,(H,27,28)/b12-11+. The van der Waals surface area contributed by atoms with Gasteiger partial charge in [-0.05, 0) is 30.4 Å². The number of carboxylic acids is 1. The molecule has 8 heteroatoms. The highest BCUT2D eigenvalue weighted by molar-refractivity contribution is 7.13. The van der Waals surface area contributed by atoms with Crippen LogP contribution >= 0.6 is 11.3 Å². The van der Waals surface area contributed by atoms with Gasteiger partial charge in [0.1, 0.15) is 5.01 Å². The van der Waals surface area contributed by atoms with E-state index >= 15 is 0 Å². The third-order valence-electron chi connectivity index (χ3n) is 4.38. The molecule has 0 aliphatic rings. The largest absolute Gasteiger partial charge is 0.478 e. The highest BCUT2D eigenvalue weighted by Crippen LogP contribution is 2.28. The van der Waals surface area contributed by atoms with E-state index in [-0.39, 0.29) is 12.4 Å². The summed E-state index contributed by atoms with van der Waals surface area (Å²) in [5, 5.41) is 16.4. The predicted octanol–water partition coefficient (Wildman–Crippen LogP) is 4.85. The van der Waals surface area contributed by atoms with E-state index in [0.29, 0.717) is 22.1 Å². The van der Waals surface area contributed by atoms with E-state index in [0.717, 1.165) is 11.3 Å². The average molecular weight is 433 g/mol. The molecule has 0 amide bonds. The number of rotatable bonds is 8. The minimum Gasteiger partial charge on any atom is -0.478 e. The van der Waals surface area contributed by atoms with Crippen molar-refractivity contribution in [1.82, 2.24) is 14.8 Å². The van der Waals surface area contributed by atoms with Crippen molar-refractivity contribution < 1.29 is 19.4 Å². The second-order valence-electron chi connectivity index (χ2n) is 6.48. The number of thiazole rings is 1. The smallest absolute Gasteiger partial charge is 0.336 e. The maximum Gasteiger partial charge on any atom is 0.336 e. The highest BCUT2D eigenvalue weighted by atomic mass is 32.1. The lowest BCUT2D eigenvalue weighted by atomic mass is 10.1. The Morgan fingerprint density at radius 3 is 2.68 bits per heavy atom. The zero-order chi connectivity index (χ0) is 21.6. The summed E-state index contributed by atoms with van der Waals surface area (Å²) in [5.74, 6) is -0.537. The fraction of sp³-hybridized carbons (Fsp3) is 0.0870. The number of carboxylic acid groups (broad SMARTS) is 1. The van der Waals surface area contributed by atoms with Crippen LogP contribution in [0.3, 0.4) is 0 Å². The van der Waals surface area contributed by atoms with Gasteiger partial charge in [-0.1, -0.05) is 36.4 Å². The molecule has 0 saturated carbocycles. The Morgan fingerprint density at radius 1 is 1.13 bits per heavy atom. The molecule has 0 spiro atoms. The molecule has 7 nitrogen and oxygen atoms in total. The number of hydrogen-bond donors (Lipinski definition) is 1. The fourth-order valence-electron chi connectivity index (χ4n) is 2.94. The molecule has 156 valence electrons. The number of hydrogen-bond acceptors (Lipinski definition) is 6. The zero-order valence-corrected chi connectivity index (χ0v) is 17.5. The van der Waals surface area contributed by atoms with Gasteiger partial charge in [0, 0.05) is 24.3 Å². The maximum atomic E-state index is 11.5. The molecule has 0 atom stereocenters. The maximum absolute atomic E-state index is 11.5. The Balaban J connectivity index is 1.62. The van der Waals surface area contributed by atoms with Gasteiger partial charge in [0.15, 0.2) is 6.79 Å². The van der Waals surface area contributed by atoms with Crippen molar-refractivity contribution in [3.63, 3.8) is 0 Å². The van der Waals surface area contributed by atoms with Crippen molar-refractivity contribution in [2.45, 2.75) is 0 Å². The van der Waals surface area contributed by atoms with Crippen LogP contribution in [0.25, 0.3) is 28.4 Å². The number of ether oxygens (including phenoxy) is 2. The molecular formula is C23H19N3O4S. The molecule has 0 radical (unpaired) electrons. The Hall–Kier alpha value is -3.75. The van der Waals surface area contributed by atoms with Gasteiger partial charge in [0.05, 0.1) is 22.5 Å². The van der Waals surface area contributed by atoms with Crippen molar-refractivity contribution in [2.24, 2.45) is 0 Å². The normalized spacial score (nSPS) is 11.1. The Labute approximate surface area is 182 Å². The number of carbonyl (C=O) groups is 1. The first-order valence-corrected chi connectivity index (χ1v) is 10.3. The summed E-state index contributed by atoms with van der Waals surface area (Å²) in [5.41, 5.74) is 3.21. The highest BCUT2D eigenvalue weighted by Gasteiger charge is 2.14. The number of para-hydroxylation sites is 1. The van der Waals surface area contributed by atoms with Crippen LogP contribution in [-0.4, -0.2) is 39.7 Å². The van der Waals surface area contributed by atoms with E-state index in [1.54, 1.807) is 36.1 Å². The van der Waals surface area contributed by atoms with Crippen molar-refractivity contribution in [3.05, 3.63) is 83.0 Å². The van der Waals surface area contributed by atoms with Crippen LogP contribution in [0.2, 0.25) is 0 Å². The lowest BCUT2D eigenvalue weighted by Gasteiger charge is -2.02. The SMILES string of the molecule is COCOc1nn(-c2ccccc2)cc1/C=C/c1csc(-c2ccccc2C(=O)O)n1. The average Bonchev–Trinajstić information content (AvgIpc) is 3.44. The molecule has 0 bridgehead atoms. The zero-order valence-electron chi connectivity index (χ0n) is 16.6. The predicted molar refractivity (Wildman–Crippen MR) is 120 cm³/mol. The number of aromatic nitrogens is 3. The monoisotopic (exact) mass is 433 g/mol. The third-order valence-corrected chi connectivity index (χ3v) is 5.28. The topological polar surface area (TPSA) is 86.5 Å². The molecule has 2 heterocycles. The summed E-state index contributed by atoms with van der Waals surface area (Å²) >= 11 is 1.39. The molecule has 0 aliphatic carbocycles. The van der Waals surface area contributed by atoms with Gasteiger partial charge in [-0.3, -0.25) is 0 Å². The second-order valence-corrected chi connectivity index (χ2v) is 7.34. The number of aromatic carboxylic acids is 1. The molecule has 4 aromatic rings. The van der Waals surface area contributed by atoms with Crippen LogP contribution < -0.4 is 4.74 Å². The van der Waals surface area contributed by atoms with Crippen molar-refractivity contribution >= 4 is 29.5 Å². The molecule has 0 unspecified atom stereocenters. The van der Waals surface area contributed by atoms with Crippen LogP contribution in [0.4, 0.5) is 0 Å². The number of benzene rings is 2. The fourth-order valence-corrected chi connectivity index (χ4v) is 3.77. The van der Waals surface area contributed by atoms with Gasteiger partial charge < -0.3 is 14.6 Å². The summed E-state index contributed by atoms with van der Waals surface area (Å²) in [6.45, 7) is 0.0828. The summed E-state index contributed by atoms with van der Waals surface area (Å²) in [7, 11) is 1.55. The molecule has 0 fully saturated rings. The van der Waals surface area contributed by atoms with Gasteiger partial charge in [0.25, 0.3) is 0 Å². The molecule has 0 aliphatic heterocycles. The molecular weight excluding hydrogens is 414 g/mol. The summed E-state index contributed by atoms with van der Waals surface area (Å²) in [6, 6.07) is 16.6. The summed E-state index contributed by atoms with van der Waals surface area (Å²) < 4.78 is 12.3. The van der Waals surface area contributed by atoms with E-state index in [1.807, 2.05) is 54.1 Å². The van der Waals surface area contributed by atoms with Crippen LogP contribution in [-0.2, 0) is 4.74 Å². The number of nitrogens with zero attached hydrogens (tertiary/aromatic N) is 3. The van der Waals surface area contributed by atoms with Gasteiger partial charge in [0.2, 0.25) is 5.88 Å². The van der Waals surface area contributed by atoms with Crippen molar-refractivity contribution in [2.75, 3.05) is 13.9 Å². The minimum absolute atomic E-state index is 0.0828. The molecule has 31 heavy (non-hydrogen) atoms. The van der Waals surface area contributed by atoms with Gasteiger partial charge >= 0.3 is 5.97 Å². The van der Waals surface area contributed by atoms with Crippen molar-refractivity contribution in [3.8, 4) is 22.1 Å². The van der Waals surface area contributed by atoms with E-state index in [9.17, 15) is 9.90 Å². The Kier molecular flexibility index (Phi) is 6.21. The Morgan fingerprint density at radius 2 is 1.90 bits per heavy atom. The summed E-state index contributed by atoms with van der Waals surface area (Å²) in [6.07, 6.45) is 5.57. The third kappa shape index (κ3) is 4.71. The van der Waals surface area contributed by atoms with Crippen LogP contribution in [0, 0.1) is 0 Å². The molecule has 0 saturated heterocycles. The lowest BCUT2D eigenvalue weighted by Crippen LogP contribution is -2.01. The van der Waals surface area contributed by atoms with E-state index in [1.165, 1.54) is 11.3 Å². The minimum atomic E-state index is -0.976. The van der Waals surface area contributed by atoms with E-state index in [4.69, 9.17) is 9.47 Å². The lowest BCUT2D eigenvalue weighted by molar-refractivity contribution is 0.0474. The first-order chi connectivity index (χ1) is 15.2. The molecule has 2 aromatic heterocycles. The first kappa shape index (κ1) is 20.5. The van der Waals surface area contributed by atoms with Crippen molar-refractivity contribution in [1.29, 1.82) is 0 Å². The Bertz CT molecular complexity index is 1210. The quantitative estimate of drug-likeness (QED) is 0.400. The van der Waals surface area contributed by atoms with Gasteiger partial charge in [-0.15, -0.1) is 16.4 Å². The van der Waals surface area contributed by atoms with Gasteiger partial charge in [-0.2, -0.15) is 0 Å². The second kappa shape index (κ2) is 9.38. The summed E-state index contributed by atoms with van der Waals surface area (Å²) in [4.78, 5) is 16.1. The van der Waals surface area contributed by atoms with Crippen LogP contribution in [0.5, 0.6) is 5.88 Å². The molecule has 4 rings (SSSR count). The number of methoxy groups -OCH3 is 1. The van der Waals surface area contributed by atoms with Crippen LogP contribution in [0.15, 0.2) is 66.2 Å². The van der Waals surface area contributed by atoms with Gasteiger partial charge in [-0.25, -0.2) is 14.5 Å². The molecule has 2 aromatic carbocycles. The van der Waals surface area contributed by atoms with E-state index in [2.05, 4.69) is 10.1 Å². The van der Waals surface area contributed by atoms with E-state index < -0.39 is 5.97 Å². The van der Waals surface area contributed by atoms with Crippen LogP contribution in [0.1, 0.15) is 21.6 Å². The first-order valence-electron chi connectivity index (χ1n) is 9.39. The molecule has 1 N–H and O–H groups in total.